The standard InChI is InChI=1S/C19H28O6/c1-4-15(5-2)24-18-17(21)16(12-22-13(3)20)25-19(18)23-11-14-9-7-6-8-10-14/h6-10,15-19,21H,4-5,11-12H2,1-3H3/t16-,17+,18+,19+/m1/s1. The highest BCUT2D eigenvalue weighted by Gasteiger charge is 2.46. The number of esters is 1. The fourth-order valence-electron chi connectivity index (χ4n) is 2.77. The summed E-state index contributed by atoms with van der Waals surface area (Å²) >= 11 is 0. The molecule has 1 N–H and O–H groups in total. The van der Waals surface area contributed by atoms with Crippen LogP contribution in [0.4, 0.5) is 0 Å². The molecule has 0 amide bonds. The van der Waals surface area contributed by atoms with Crippen LogP contribution in [0.2, 0.25) is 0 Å². The number of aliphatic hydroxyl groups is 1. The summed E-state index contributed by atoms with van der Waals surface area (Å²) in [5.74, 6) is -0.415. The van der Waals surface area contributed by atoms with Crippen LogP contribution in [0, 0.1) is 0 Å². The highest BCUT2D eigenvalue weighted by Crippen LogP contribution is 2.28. The lowest BCUT2D eigenvalue weighted by atomic mass is 10.1. The van der Waals surface area contributed by atoms with Gasteiger partial charge in [-0.25, -0.2) is 0 Å². The van der Waals surface area contributed by atoms with E-state index >= 15 is 0 Å². The van der Waals surface area contributed by atoms with E-state index in [-0.39, 0.29) is 12.7 Å². The Morgan fingerprint density at radius 2 is 1.92 bits per heavy atom. The van der Waals surface area contributed by atoms with Crippen LogP contribution in [0.1, 0.15) is 39.2 Å². The maximum absolute atomic E-state index is 11.0. The quantitative estimate of drug-likeness (QED) is 0.688. The van der Waals surface area contributed by atoms with Crippen molar-refractivity contribution >= 4 is 5.97 Å². The van der Waals surface area contributed by atoms with Crippen molar-refractivity contribution in [3.63, 3.8) is 0 Å². The van der Waals surface area contributed by atoms with Crippen molar-refractivity contribution in [2.45, 2.75) is 70.9 Å². The van der Waals surface area contributed by atoms with Crippen LogP contribution < -0.4 is 0 Å². The first-order chi connectivity index (χ1) is 12.0. The predicted octanol–water partition coefficient (Wildman–Crippen LogP) is 2.43. The van der Waals surface area contributed by atoms with Gasteiger partial charge in [-0.15, -0.1) is 0 Å². The van der Waals surface area contributed by atoms with E-state index in [4.69, 9.17) is 18.9 Å². The second-order valence-corrected chi connectivity index (χ2v) is 6.17. The van der Waals surface area contributed by atoms with Crippen LogP contribution in [-0.2, 0) is 30.3 Å². The highest BCUT2D eigenvalue weighted by atomic mass is 16.7. The molecule has 1 heterocycles. The van der Waals surface area contributed by atoms with Crippen molar-refractivity contribution in [1.82, 2.24) is 0 Å². The van der Waals surface area contributed by atoms with Gasteiger partial charge < -0.3 is 24.1 Å². The third kappa shape index (κ3) is 5.78. The molecule has 6 heteroatoms. The predicted molar refractivity (Wildman–Crippen MR) is 91.8 cm³/mol. The van der Waals surface area contributed by atoms with Crippen LogP contribution in [-0.4, -0.2) is 48.4 Å². The van der Waals surface area contributed by atoms with Crippen molar-refractivity contribution in [3.8, 4) is 0 Å². The Hall–Kier alpha value is -1.47. The highest BCUT2D eigenvalue weighted by molar-refractivity contribution is 5.65. The van der Waals surface area contributed by atoms with E-state index < -0.39 is 30.6 Å². The van der Waals surface area contributed by atoms with Crippen LogP contribution in [0.3, 0.4) is 0 Å². The van der Waals surface area contributed by atoms with Gasteiger partial charge in [0.25, 0.3) is 0 Å². The van der Waals surface area contributed by atoms with Gasteiger partial charge in [0.2, 0.25) is 0 Å². The summed E-state index contributed by atoms with van der Waals surface area (Å²) in [6.07, 6.45) is -1.23. The second-order valence-electron chi connectivity index (χ2n) is 6.17. The molecule has 1 aromatic rings. The molecule has 1 aliphatic rings. The summed E-state index contributed by atoms with van der Waals surface area (Å²) in [5.41, 5.74) is 1.00. The molecule has 0 spiro atoms. The fraction of sp³-hybridized carbons (Fsp3) is 0.632. The molecular formula is C19H28O6. The van der Waals surface area contributed by atoms with Crippen molar-refractivity contribution in [2.24, 2.45) is 0 Å². The molecule has 140 valence electrons. The second kappa shape index (κ2) is 9.87. The smallest absolute Gasteiger partial charge is 0.302 e. The number of ether oxygens (including phenoxy) is 4. The number of rotatable bonds is 9. The molecular weight excluding hydrogens is 324 g/mol. The normalized spacial score (nSPS) is 26.1. The number of aliphatic hydroxyl groups excluding tert-OH is 1. The number of carbonyl (C=O) groups excluding carboxylic acids is 1. The third-order valence-corrected chi connectivity index (χ3v) is 4.26. The van der Waals surface area contributed by atoms with E-state index in [9.17, 15) is 9.90 Å². The number of hydrogen-bond acceptors (Lipinski definition) is 6. The summed E-state index contributed by atoms with van der Waals surface area (Å²) in [5, 5.41) is 10.5. The van der Waals surface area contributed by atoms with E-state index in [0.717, 1.165) is 18.4 Å². The van der Waals surface area contributed by atoms with Crippen molar-refractivity contribution < 1.29 is 28.8 Å². The molecule has 0 bridgehead atoms. The zero-order valence-corrected chi connectivity index (χ0v) is 15.1. The van der Waals surface area contributed by atoms with Crippen LogP contribution in [0.5, 0.6) is 0 Å². The molecule has 1 saturated heterocycles. The first-order valence-electron chi connectivity index (χ1n) is 8.83. The molecule has 1 fully saturated rings. The molecule has 0 unspecified atom stereocenters. The van der Waals surface area contributed by atoms with E-state index in [0.29, 0.717) is 6.61 Å². The lowest BCUT2D eigenvalue weighted by molar-refractivity contribution is -0.197. The lowest BCUT2D eigenvalue weighted by Gasteiger charge is -2.25. The average Bonchev–Trinajstić information content (AvgIpc) is 2.92. The largest absolute Gasteiger partial charge is 0.463 e. The molecule has 6 nitrogen and oxygen atoms in total. The first-order valence-corrected chi connectivity index (χ1v) is 8.83. The average molecular weight is 352 g/mol. The molecule has 2 rings (SSSR count). The van der Waals surface area contributed by atoms with Gasteiger partial charge in [-0.1, -0.05) is 44.2 Å². The van der Waals surface area contributed by atoms with Gasteiger partial charge in [0.05, 0.1) is 12.7 Å². The summed E-state index contributed by atoms with van der Waals surface area (Å²) in [7, 11) is 0. The van der Waals surface area contributed by atoms with Gasteiger partial charge in [0.1, 0.15) is 24.9 Å². The Labute approximate surface area is 149 Å². The van der Waals surface area contributed by atoms with E-state index in [2.05, 4.69) is 0 Å². The third-order valence-electron chi connectivity index (χ3n) is 4.26. The van der Waals surface area contributed by atoms with Crippen LogP contribution in [0.25, 0.3) is 0 Å². The maximum Gasteiger partial charge on any atom is 0.302 e. The van der Waals surface area contributed by atoms with Crippen molar-refractivity contribution in [1.29, 1.82) is 0 Å². The molecule has 0 aliphatic carbocycles. The SMILES string of the molecule is CCC(CC)O[C@@H]1[C@@H](OCc2ccccc2)O[C@H](COC(C)=O)[C@@H]1O. The Balaban J connectivity index is 2.02. The first kappa shape index (κ1) is 19.8. The van der Waals surface area contributed by atoms with Crippen molar-refractivity contribution in [3.05, 3.63) is 35.9 Å². The Kier molecular flexibility index (Phi) is 7.84. The van der Waals surface area contributed by atoms with Gasteiger partial charge in [-0.3, -0.25) is 4.79 Å². The van der Waals surface area contributed by atoms with E-state index in [1.807, 2.05) is 44.2 Å². The molecule has 0 radical (unpaired) electrons. The zero-order chi connectivity index (χ0) is 18.2. The Morgan fingerprint density at radius 1 is 1.24 bits per heavy atom. The molecule has 4 atom stereocenters. The topological polar surface area (TPSA) is 74.2 Å². The summed E-state index contributed by atoms with van der Waals surface area (Å²) in [4.78, 5) is 11.0. The number of carbonyl (C=O) groups is 1. The van der Waals surface area contributed by atoms with Gasteiger partial charge in [-0.05, 0) is 18.4 Å². The Bertz CT molecular complexity index is 516. The van der Waals surface area contributed by atoms with Crippen LogP contribution in [0.15, 0.2) is 30.3 Å². The summed E-state index contributed by atoms with van der Waals surface area (Å²) in [6.45, 7) is 5.72. The Morgan fingerprint density at radius 3 is 2.52 bits per heavy atom. The van der Waals surface area contributed by atoms with Crippen LogP contribution >= 0.6 is 0 Å². The van der Waals surface area contributed by atoms with Gasteiger partial charge in [0, 0.05) is 6.92 Å². The number of benzene rings is 1. The molecule has 0 aromatic heterocycles. The molecule has 0 saturated carbocycles. The molecule has 1 aliphatic heterocycles. The summed E-state index contributed by atoms with van der Waals surface area (Å²) in [6, 6.07) is 9.72. The number of hydrogen-bond donors (Lipinski definition) is 1. The monoisotopic (exact) mass is 352 g/mol. The van der Waals surface area contributed by atoms with Gasteiger partial charge in [0.15, 0.2) is 6.29 Å². The zero-order valence-electron chi connectivity index (χ0n) is 15.1. The molecule has 25 heavy (non-hydrogen) atoms. The fourth-order valence-corrected chi connectivity index (χ4v) is 2.77. The lowest BCUT2D eigenvalue weighted by Crippen LogP contribution is -2.40. The van der Waals surface area contributed by atoms with Crippen molar-refractivity contribution in [2.75, 3.05) is 6.61 Å². The minimum Gasteiger partial charge on any atom is -0.463 e. The molecule has 1 aromatic carbocycles. The minimum absolute atomic E-state index is 0.0125. The maximum atomic E-state index is 11.0. The van der Waals surface area contributed by atoms with E-state index in [1.165, 1.54) is 6.92 Å². The minimum atomic E-state index is -0.916. The summed E-state index contributed by atoms with van der Waals surface area (Å²) < 4.78 is 22.6. The van der Waals surface area contributed by atoms with Gasteiger partial charge in [-0.2, -0.15) is 0 Å². The van der Waals surface area contributed by atoms with Gasteiger partial charge >= 0.3 is 5.97 Å². The van der Waals surface area contributed by atoms with E-state index in [1.54, 1.807) is 0 Å².